The monoisotopic (exact) mass is 423 g/mol. The van der Waals surface area contributed by atoms with Crippen molar-refractivity contribution in [1.29, 1.82) is 0 Å². The fourth-order valence-electron chi connectivity index (χ4n) is 4.00. The van der Waals surface area contributed by atoms with Crippen LogP contribution in [0.3, 0.4) is 0 Å². The Balaban J connectivity index is 1.33. The standard InChI is InChI=1S/C24H29N3O2S/c1-16-7-9-17(10-8-16)14-30-15-22-24(29)27-21-13-18(11-12-20(21)26-22)23(28)25-19-5-3-2-4-6-19/h7-13,19,22,26H,2-6,14-15H2,1H3,(H,25,28)(H,27,29). The fraction of sp³-hybridized carbons (Fsp3) is 0.417. The van der Waals surface area contributed by atoms with Crippen LogP contribution in [0.4, 0.5) is 11.4 Å². The molecule has 2 amide bonds. The smallest absolute Gasteiger partial charge is 0.251 e. The first-order chi connectivity index (χ1) is 14.6. The summed E-state index contributed by atoms with van der Waals surface area (Å²) in [7, 11) is 0. The van der Waals surface area contributed by atoms with E-state index in [2.05, 4.69) is 47.1 Å². The lowest BCUT2D eigenvalue weighted by Gasteiger charge is -2.27. The summed E-state index contributed by atoms with van der Waals surface area (Å²) in [5, 5.41) is 9.43. The largest absolute Gasteiger partial charge is 0.371 e. The number of carbonyl (C=O) groups excluding carboxylic acids is 2. The van der Waals surface area contributed by atoms with Gasteiger partial charge in [-0.2, -0.15) is 11.8 Å². The Morgan fingerprint density at radius 3 is 2.60 bits per heavy atom. The molecule has 5 nitrogen and oxygen atoms in total. The molecule has 1 aliphatic heterocycles. The molecule has 6 heteroatoms. The van der Waals surface area contributed by atoms with E-state index in [1.54, 1.807) is 17.8 Å². The van der Waals surface area contributed by atoms with Gasteiger partial charge in [0.1, 0.15) is 6.04 Å². The van der Waals surface area contributed by atoms with Crippen LogP contribution in [-0.4, -0.2) is 29.7 Å². The number of benzene rings is 2. The van der Waals surface area contributed by atoms with E-state index in [-0.39, 0.29) is 23.9 Å². The minimum absolute atomic E-state index is 0.0521. The summed E-state index contributed by atoms with van der Waals surface area (Å²) in [5.41, 5.74) is 4.64. The lowest BCUT2D eigenvalue weighted by Crippen LogP contribution is -2.41. The average Bonchev–Trinajstić information content (AvgIpc) is 2.76. The van der Waals surface area contributed by atoms with Gasteiger partial charge in [-0.1, -0.05) is 49.1 Å². The maximum absolute atomic E-state index is 12.6. The van der Waals surface area contributed by atoms with E-state index in [1.165, 1.54) is 30.4 Å². The van der Waals surface area contributed by atoms with E-state index in [9.17, 15) is 9.59 Å². The van der Waals surface area contributed by atoms with Crippen molar-refractivity contribution in [1.82, 2.24) is 5.32 Å². The van der Waals surface area contributed by atoms with E-state index < -0.39 is 0 Å². The third-order valence-electron chi connectivity index (χ3n) is 5.80. The third-order valence-corrected chi connectivity index (χ3v) is 6.91. The van der Waals surface area contributed by atoms with Crippen LogP contribution in [0.25, 0.3) is 0 Å². The Labute approximate surface area is 182 Å². The second kappa shape index (κ2) is 9.56. The maximum Gasteiger partial charge on any atom is 0.251 e. The van der Waals surface area contributed by atoms with E-state index in [4.69, 9.17) is 0 Å². The number of anilines is 2. The van der Waals surface area contributed by atoms with Gasteiger partial charge >= 0.3 is 0 Å². The molecule has 1 heterocycles. The lowest BCUT2D eigenvalue weighted by molar-refractivity contribution is -0.116. The molecular weight excluding hydrogens is 394 g/mol. The van der Waals surface area contributed by atoms with Gasteiger partial charge in [0.15, 0.2) is 0 Å². The number of thioether (sulfide) groups is 1. The zero-order chi connectivity index (χ0) is 20.9. The van der Waals surface area contributed by atoms with Crippen molar-refractivity contribution in [3.63, 3.8) is 0 Å². The van der Waals surface area contributed by atoms with Crippen molar-refractivity contribution >= 4 is 35.0 Å². The molecule has 30 heavy (non-hydrogen) atoms. The van der Waals surface area contributed by atoms with Crippen LogP contribution in [0.1, 0.15) is 53.6 Å². The highest BCUT2D eigenvalue weighted by atomic mass is 32.2. The summed E-state index contributed by atoms with van der Waals surface area (Å²) in [4.78, 5) is 25.1. The number of fused-ring (bicyclic) bond motifs is 1. The summed E-state index contributed by atoms with van der Waals surface area (Å²) in [5.74, 6) is 1.44. The topological polar surface area (TPSA) is 70.2 Å². The van der Waals surface area contributed by atoms with Crippen LogP contribution >= 0.6 is 11.8 Å². The Morgan fingerprint density at radius 2 is 1.83 bits per heavy atom. The molecule has 0 spiro atoms. The van der Waals surface area contributed by atoms with Gasteiger partial charge in [-0.05, 0) is 43.5 Å². The van der Waals surface area contributed by atoms with Crippen LogP contribution in [0.15, 0.2) is 42.5 Å². The minimum atomic E-state index is -0.283. The molecule has 1 saturated carbocycles. The molecule has 158 valence electrons. The van der Waals surface area contributed by atoms with Gasteiger partial charge in [0.2, 0.25) is 5.91 Å². The number of hydrogen-bond acceptors (Lipinski definition) is 4. The van der Waals surface area contributed by atoms with Crippen LogP contribution in [0.2, 0.25) is 0 Å². The Bertz CT molecular complexity index is 907. The fourth-order valence-corrected chi connectivity index (χ4v) is 5.02. The van der Waals surface area contributed by atoms with Gasteiger partial charge in [0.25, 0.3) is 5.91 Å². The Hall–Kier alpha value is -2.47. The van der Waals surface area contributed by atoms with Crippen molar-refractivity contribution in [3.05, 3.63) is 59.2 Å². The molecule has 0 aromatic heterocycles. The molecule has 1 aliphatic carbocycles. The molecule has 0 saturated heterocycles. The number of aryl methyl sites for hydroxylation is 1. The lowest BCUT2D eigenvalue weighted by atomic mass is 9.95. The molecule has 2 aromatic rings. The van der Waals surface area contributed by atoms with Crippen LogP contribution in [-0.2, 0) is 10.5 Å². The van der Waals surface area contributed by atoms with Gasteiger partial charge in [-0.25, -0.2) is 0 Å². The molecule has 4 rings (SSSR count). The number of hydrogen-bond donors (Lipinski definition) is 3. The van der Waals surface area contributed by atoms with Crippen molar-refractivity contribution in [3.8, 4) is 0 Å². The second-order valence-corrected chi connectivity index (χ2v) is 9.29. The van der Waals surface area contributed by atoms with Gasteiger partial charge in [-0.15, -0.1) is 0 Å². The number of carbonyl (C=O) groups is 2. The zero-order valence-corrected chi connectivity index (χ0v) is 18.2. The summed E-state index contributed by atoms with van der Waals surface area (Å²) in [6.45, 7) is 2.08. The first-order valence-corrected chi connectivity index (χ1v) is 11.9. The first-order valence-electron chi connectivity index (χ1n) is 10.7. The SMILES string of the molecule is Cc1ccc(CSCC2Nc3ccc(C(=O)NC4CCCCC4)cc3NC2=O)cc1. The molecule has 3 N–H and O–H groups in total. The molecular formula is C24H29N3O2S. The van der Waals surface area contributed by atoms with Gasteiger partial charge in [0, 0.05) is 23.1 Å². The zero-order valence-electron chi connectivity index (χ0n) is 17.4. The van der Waals surface area contributed by atoms with Gasteiger partial charge in [0.05, 0.1) is 11.4 Å². The summed E-state index contributed by atoms with van der Waals surface area (Å²) in [6, 6.07) is 14.0. The highest BCUT2D eigenvalue weighted by molar-refractivity contribution is 7.98. The van der Waals surface area contributed by atoms with Crippen LogP contribution in [0, 0.1) is 6.92 Å². The summed E-state index contributed by atoms with van der Waals surface area (Å²) >= 11 is 1.74. The molecule has 1 atom stereocenters. The van der Waals surface area contributed by atoms with Crippen molar-refractivity contribution in [2.24, 2.45) is 0 Å². The molecule has 2 aromatic carbocycles. The number of rotatable bonds is 6. The summed E-state index contributed by atoms with van der Waals surface area (Å²) < 4.78 is 0. The maximum atomic E-state index is 12.6. The normalized spacial score (nSPS) is 18.8. The highest BCUT2D eigenvalue weighted by Crippen LogP contribution is 2.29. The minimum Gasteiger partial charge on any atom is -0.371 e. The quantitative estimate of drug-likeness (QED) is 0.629. The second-order valence-electron chi connectivity index (χ2n) is 8.26. The number of amides is 2. The average molecular weight is 424 g/mol. The van der Waals surface area contributed by atoms with E-state index in [1.807, 2.05) is 12.1 Å². The molecule has 0 radical (unpaired) electrons. The van der Waals surface area contributed by atoms with E-state index >= 15 is 0 Å². The van der Waals surface area contributed by atoms with E-state index in [0.29, 0.717) is 17.0 Å². The van der Waals surface area contributed by atoms with Gasteiger partial charge in [-0.3, -0.25) is 9.59 Å². The summed E-state index contributed by atoms with van der Waals surface area (Å²) in [6.07, 6.45) is 5.72. The van der Waals surface area contributed by atoms with Crippen molar-refractivity contribution in [2.75, 3.05) is 16.4 Å². The Morgan fingerprint density at radius 1 is 1.07 bits per heavy atom. The van der Waals surface area contributed by atoms with E-state index in [0.717, 1.165) is 24.3 Å². The van der Waals surface area contributed by atoms with Crippen molar-refractivity contribution in [2.45, 2.75) is 56.9 Å². The van der Waals surface area contributed by atoms with Crippen LogP contribution < -0.4 is 16.0 Å². The van der Waals surface area contributed by atoms with Crippen LogP contribution in [0.5, 0.6) is 0 Å². The number of nitrogens with one attached hydrogen (secondary N) is 3. The molecule has 0 bridgehead atoms. The molecule has 2 aliphatic rings. The Kier molecular flexibility index (Phi) is 6.62. The highest BCUT2D eigenvalue weighted by Gasteiger charge is 2.26. The first kappa shape index (κ1) is 20.8. The van der Waals surface area contributed by atoms with Crippen molar-refractivity contribution < 1.29 is 9.59 Å². The third kappa shape index (κ3) is 5.17. The predicted molar refractivity (Wildman–Crippen MR) is 124 cm³/mol. The molecule has 1 unspecified atom stereocenters. The predicted octanol–water partition coefficient (Wildman–Crippen LogP) is 4.72. The van der Waals surface area contributed by atoms with Gasteiger partial charge < -0.3 is 16.0 Å². The molecule has 1 fully saturated rings.